The molecule has 2 heterocycles. The lowest BCUT2D eigenvalue weighted by molar-refractivity contribution is 0.0299. The van der Waals surface area contributed by atoms with Crippen LogP contribution in [-0.4, -0.2) is 35.5 Å². The summed E-state index contributed by atoms with van der Waals surface area (Å²) < 4.78 is 6.31. The molecule has 4 rings (SSSR count). The number of anilines is 2. The van der Waals surface area contributed by atoms with Crippen molar-refractivity contribution in [3.05, 3.63) is 54.1 Å². The monoisotopic (exact) mass is 423 g/mol. The van der Waals surface area contributed by atoms with Crippen molar-refractivity contribution in [3.63, 3.8) is 0 Å². The number of amides is 1. The minimum Gasteiger partial charge on any atom is -0.490 e. The van der Waals surface area contributed by atoms with Crippen molar-refractivity contribution in [2.24, 2.45) is 5.41 Å². The first-order valence-electron chi connectivity index (χ1n) is 11.0. The van der Waals surface area contributed by atoms with Crippen LogP contribution in [0.4, 0.5) is 11.4 Å². The number of rotatable bonds is 5. The molecular weight excluding hydrogens is 386 g/mol. The van der Waals surface area contributed by atoms with Crippen molar-refractivity contribution in [1.29, 1.82) is 0 Å². The van der Waals surface area contributed by atoms with E-state index in [0.29, 0.717) is 34.4 Å². The standard InChI is InChI=1S/C25H33N3O2.CH4/c1-25(2,3)16-28-18-10-11-19(28)15-21(14-18)30-20-12-8-17(9-13-20)24(29)27-23-7-5-4-6-22(23)26;/h4-9,12-13,18-19,21H,10-11,14-16,26H2,1-3H3,(H,27,29);1H4. The van der Waals surface area contributed by atoms with E-state index in [1.807, 2.05) is 36.4 Å². The van der Waals surface area contributed by atoms with E-state index in [1.165, 1.54) is 12.8 Å². The lowest BCUT2D eigenvalue weighted by Crippen LogP contribution is -2.49. The van der Waals surface area contributed by atoms with Gasteiger partial charge in [0, 0.05) is 24.2 Å². The Bertz CT molecular complexity index is 874. The summed E-state index contributed by atoms with van der Waals surface area (Å²) >= 11 is 0. The Morgan fingerprint density at radius 2 is 1.68 bits per heavy atom. The second-order valence-corrected chi connectivity index (χ2v) is 9.90. The average Bonchev–Trinajstić information content (AvgIpc) is 2.91. The lowest BCUT2D eigenvalue weighted by Gasteiger charge is -2.41. The summed E-state index contributed by atoms with van der Waals surface area (Å²) in [5.74, 6) is 0.660. The molecule has 168 valence electrons. The zero-order chi connectivity index (χ0) is 21.3. The number of fused-ring (bicyclic) bond motifs is 2. The highest BCUT2D eigenvalue weighted by Gasteiger charge is 2.42. The highest BCUT2D eigenvalue weighted by Crippen LogP contribution is 2.39. The summed E-state index contributed by atoms with van der Waals surface area (Å²) in [4.78, 5) is 15.2. The highest BCUT2D eigenvalue weighted by atomic mass is 16.5. The van der Waals surface area contributed by atoms with Crippen molar-refractivity contribution < 1.29 is 9.53 Å². The Balaban J connectivity index is 0.00000272. The number of nitrogens with zero attached hydrogens (tertiary/aromatic N) is 1. The third kappa shape index (κ3) is 5.59. The largest absolute Gasteiger partial charge is 0.490 e. The fourth-order valence-electron chi connectivity index (χ4n) is 4.81. The van der Waals surface area contributed by atoms with E-state index in [2.05, 4.69) is 31.0 Å². The van der Waals surface area contributed by atoms with Crippen LogP contribution < -0.4 is 15.8 Å². The zero-order valence-corrected chi connectivity index (χ0v) is 18.2. The first-order chi connectivity index (χ1) is 14.3. The second kappa shape index (κ2) is 9.31. The topological polar surface area (TPSA) is 67.6 Å². The average molecular weight is 424 g/mol. The predicted octanol–water partition coefficient (Wildman–Crippen LogP) is 5.58. The van der Waals surface area contributed by atoms with Gasteiger partial charge in [-0.25, -0.2) is 0 Å². The van der Waals surface area contributed by atoms with Gasteiger partial charge in [0.2, 0.25) is 0 Å². The molecule has 2 saturated heterocycles. The molecular formula is C26H37N3O2. The van der Waals surface area contributed by atoms with Crippen LogP contribution in [0.2, 0.25) is 0 Å². The normalized spacial score (nSPS) is 23.1. The van der Waals surface area contributed by atoms with E-state index in [1.54, 1.807) is 12.1 Å². The lowest BCUT2D eigenvalue weighted by atomic mass is 9.91. The van der Waals surface area contributed by atoms with Crippen LogP contribution in [0.25, 0.3) is 0 Å². The third-order valence-electron chi connectivity index (χ3n) is 6.13. The molecule has 2 aliphatic rings. The minimum atomic E-state index is -0.173. The fourth-order valence-corrected chi connectivity index (χ4v) is 4.81. The van der Waals surface area contributed by atoms with E-state index in [-0.39, 0.29) is 19.4 Å². The van der Waals surface area contributed by atoms with Crippen LogP contribution in [0, 0.1) is 5.41 Å². The maximum absolute atomic E-state index is 12.5. The summed E-state index contributed by atoms with van der Waals surface area (Å²) in [7, 11) is 0. The van der Waals surface area contributed by atoms with Crippen molar-refractivity contribution >= 4 is 17.3 Å². The molecule has 5 nitrogen and oxygen atoms in total. The van der Waals surface area contributed by atoms with Crippen LogP contribution in [0.1, 0.15) is 64.2 Å². The Morgan fingerprint density at radius 3 is 2.26 bits per heavy atom. The van der Waals surface area contributed by atoms with Gasteiger partial charge in [-0.3, -0.25) is 9.69 Å². The molecule has 2 bridgehead atoms. The van der Waals surface area contributed by atoms with Crippen molar-refractivity contribution in [2.75, 3.05) is 17.6 Å². The van der Waals surface area contributed by atoms with E-state index in [0.717, 1.165) is 25.1 Å². The maximum Gasteiger partial charge on any atom is 0.255 e. The van der Waals surface area contributed by atoms with Crippen LogP contribution in [0.15, 0.2) is 48.5 Å². The van der Waals surface area contributed by atoms with E-state index in [4.69, 9.17) is 10.5 Å². The fraction of sp³-hybridized carbons (Fsp3) is 0.500. The number of para-hydroxylation sites is 2. The number of ether oxygens (including phenoxy) is 1. The summed E-state index contributed by atoms with van der Waals surface area (Å²) in [6, 6.07) is 15.9. The van der Waals surface area contributed by atoms with Crippen LogP contribution in [0.5, 0.6) is 5.75 Å². The summed E-state index contributed by atoms with van der Waals surface area (Å²) in [5.41, 5.74) is 8.00. The van der Waals surface area contributed by atoms with Gasteiger partial charge in [-0.2, -0.15) is 0 Å². The van der Waals surface area contributed by atoms with Crippen molar-refractivity contribution in [1.82, 2.24) is 4.90 Å². The van der Waals surface area contributed by atoms with Crippen molar-refractivity contribution in [3.8, 4) is 5.75 Å². The summed E-state index contributed by atoms with van der Waals surface area (Å²) in [6.45, 7) is 8.11. The molecule has 2 atom stereocenters. The molecule has 2 aliphatic heterocycles. The Kier molecular flexibility index (Phi) is 6.95. The Labute approximate surface area is 187 Å². The van der Waals surface area contributed by atoms with Gasteiger partial charge < -0.3 is 15.8 Å². The van der Waals surface area contributed by atoms with Gasteiger partial charge in [-0.15, -0.1) is 0 Å². The second-order valence-electron chi connectivity index (χ2n) is 9.90. The van der Waals surface area contributed by atoms with Gasteiger partial charge >= 0.3 is 0 Å². The predicted molar refractivity (Wildman–Crippen MR) is 129 cm³/mol. The smallest absolute Gasteiger partial charge is 0.255 e. The molecule has 5 heteroatoms. The SMILES string of the molecule is C.CC(C)(C)CN1C2CCC1CC(Oc1ccc(C(=O)Nc3ccccc3N)cc1)C2. The molecule has 2 aromatic rings. The van der Waals surface area contributed by atoms with Gasteiger partial charge in [0.05, 0.1) is 11.4 Å². The number of carbonyl (C=O) groups is 1. The number of carbonyl (C=O) groups excluding carboxylic acids is 1. The number of nitrogen functional groups attached to an aromatic ring is 1. The van der Waals surface area contributed by atoms with Crippen LogP contribution in [0.3, 0.4) is 0 Å². The minimum absolute atomic E-state index is 0. The molecule has 31 heavy (non-hydrogen) atoms. The molecule has 3 N–H and O–H groups in total. The van der Waals surface area contributed by atoms with Gasteiger partial charge in [0.15, 0.2) is 0 Å². The van der Waals surface area contributed by atoms with E-state index >= 15 is 0 Å². The molecule has 0 saturated carbocycles. The summed E-state index contributed by atoms with van der Waals surface area (Å²) in [5, 5.41) is 2.86. The summed E-state index contributed by atoms with van der Waals surface area (Å²) in [6.07, 6.45) is 4.98. The molecule has 0 spiro atoms. The highest BCUT2D eigenvalue weighted by molar-refractivity contribution is 6.05. The Hall–Kier alpha value is -2.53. The van der Waals surface area contributed by atoms with Crippen molar-refractivity contribution in [2.45, 2.75) is 72.1 Å². The van der Waals surface area contributed by atoms with E-state index < -0.39 is 0 Å². The van der Waals surface area contributed by atoms with Gasteiger partial charge in [0.25, 0.3) is 5.91 Å². The van der Waals surface area contributed by atoms with Gasteiger partial charge in [-0.05, 0) is 67.5 Å². The number of hydrogen-bond acceptors (Lipinski definition) is 4. The molecule has 2 fully saturated rings. The number of benzene rings is 2. The molecule has 0 aliphatic carbocycles. The van der Waals surface area contributed by atoms with Crippen LogP contribution in [-0.2, 0) is 0 Å². The molecule has 1 amide bonds. The number of nitrogens with two attached hydrogens (primary N) is 1. The Morgan fingerprint density at radius 1 is 1.06 bits per heavy atom. The first kappa shape index (κ1) is 23.1. The third-order valence-corrected chi connectivity index (χ3v) is 6.13. The van der Waals surface area contributed by atoms with Gasteiger partial charge in [0.1, 0.15) is 11.9 Å². The van der Waals surface area contributed by atoms with Gasteiger partial charge in [-0.1, -0.05) is 40.3 Å². The maximum atomic E-state index is 12.5. The number of nitrogens with one attached hydrogen (secondary N) is 1. The number of hydrogen-bond donors (Lipinski definition) is 2. The van der Waals surface area contributed by atoms with E-state index in [9.17, 15) is 4.79 Å². The quantitative estimate of drug-likeness (QED) is 0.616. The molecule has 2 aromatic carbocycles. The number of piperidine rings is 1. The molecule has 2 unspecified atom stereocenters. The molecule has 0 radical (unpaired) electrons. The zero-order valence-electron chi connectivity index (χ0n) is 18.2. The van der Waals surface area contributed by atoms with Crippen LogP contribution >= 0.6 is 0 Å². The molecule has 0 aromatic heterocycles. The first-order valence-corrected chi connectivity index (χ1v) is 11.0.